The largest absolute Gasteiger partial charge is 0.321 e. The van der Waals surface area contributed by atoms with Crippen molar-refractivity contribution in [1.82, 2.24) is 29.9 Å². The Morgan fingerprint density at radius 3 is 2.62 bits per heavy atom. The summed E-state index contributed by atoms with van der Waals surface area (Å²) in [6.45, 7) is 10.4. The van der Waals surface area contributed by atoms with E-state index in [0.29, 0.717) is 35.9 Å². The van der Waals surface area contributed by atoms with Gasteiger partial charge in [0.05, 0.1) is 23.3 Å². The van der Waals surface area contributed by atoms with E-state index < -0.39 is 0 Å². The van der Waals surface area contributed by atoms with Crippen molar-refractivity contribution in [3.8, 4) is 0 Å². The van der Waals surface area contributed by atoms with Gasteiger partial charge >= 0.3 is 6.03 Å². The number of fused-ring (bicyclic) bond motifs is 1. The van der Waals surface area contributed by atoms with Crippen molar-refractivity contribution in [3.05, 3.63) is 40.3 Å². The van der Waals surface area contributed by atoms with Crippen LogP contribution in [0.4, 0.5) is 10.6 Å². The number of urea groups is 1. The molecule has 2 aromatic heterocycles. The topological polar surface area (TPSA) is 97.5 Å². The van der Waals surface area contributed by atoms with Gasteiger partial charge in [0.15, 0.2) is 5.82 Å². The maximum atomic E-state index is 13.6. The number of hydrogen-bond acceptors (Lipinski definition) is 5. The number of hydrogen-bond donors (Lipinski definition) is 2. The van der Waals surface area contributed by atoms with Gasteiger partial charge in [-0.15, -0.1) is 0 Å². The molecule has 2 aliphatic heterocycles. The van der Waals surface area contributed by atoms with Gasteiger partial charge in [-0.2, -0.15) is 5.10 Å². The Bertz CT molecular complexity index is 1010. The Hall–Kier alpha value is -2.65. The number of nitrogens with zero attached hydrogens (tertiary/aromatic N) is 5. The SMILES string of the molecule is CC(C)[C@H]1CN(C)C(C)CN1C(=O)N1Cc2c(NC(=O)c3ccc(Cl)cn3)n[nH]c2C1C. The first kappa shape index (κ1) is 22.5. The quantitative estimate of drug-likeness (QED) is 0.733. The number of aromatic nitrogens is 3. The second-order valence-electron chi connectivity index (χ2n) is 9.12. The molecule has 0 bridgehead atoms. The van der Waals surface area contributed by atoms with Crippen LogP contribution in [-0.4, -0.2) is 74.0 Å². The van der Waals surface area contributed by atoms with Gasteiger partial charge in [-0.1, -0.05) is 25.4 Å². The molecule has 10 heteroatoms. The first-order valence-corrected chi connectivity index (χ1v) is 11.3. The Morgan fingerprint density at radius 1 is 1.22 bits per heavy atom. The fourth-order valence-electron chi connectivity index (χ4n) is 4.45. The van der Waals surface area contributed by atoms with Crippen molar-refractivity contribution in [2.24, 2.45) is 5.92 Å². The monoisotopic (exact) mass is 459 g/mol. The molecule has 0 spiro atoms. The van der Waals surface area contributed by atoms with Crippen LogP contribution in [0.2, 0.25) is 5.02 Å². The third kappa shape index (κ3) is 4.06. The van der Waals surface area contributed by atoms with E-state index >= 15 is 0 Å². The minimum Gasteiger partial charge on any atom is -0.319 e. The normalized spacial score (nSPS) is 23.5. The summed E-state index contributed by atoms with van der Waals surface area (Å²) in [5.41, 5.74) is 1.92. The van der Waals surface area contributed by atoms with Crippen LogP contribution in [0.5, 0.6) is 0 Å². The number of amides is 3. The highest BCUT2D eigenvalue weighted by atomic mass is 35.5. The van der Waals surface area contributed by atoms with Gasteiger partial charge in [0.25, 0.3) is 5.91 Å². The molecule has 2 aromatic rings. The molecule has 0 aromatic carbocycles. The maximum Gasteiger partial charge on any atom is 0.321 e. The average molecular weight is 460 g/mol. The number of halogens is 1. The number of nitrogens with one attached hydrogen (secondary N) is 2. The number of carbonyl (C=O) groups is 2. The molecule has 2 aliphatic rings. The van der Waals surface area contributed by atoms with Gasteiger partial charge in [-0.05, 0) is 38.9 Å². The summed E-state index contributed by atoms with van der Waals surface area (Å²) in [5, 5.41) is 10.6. The van der Waals surface area contributed by atoms with E-state index in [1.54, 1.807) is 12.1 Å². The zero-order chi connectivity index (χ0) is 23.2. The van der Waals surface area contributed by atoms with Gasteiger partial charge < -0.3 is 15.1 Å². The lowest BCUT2D eigenvalue weighted by molar-refractivity contribution is 0.0351. The zero-order valence-electron chi connectivity index (χ0n) is 19.1. The van der Waals surface area contributed by atoms with E-state index in [4.69, 9.17) is 11.6 Å². The summed E-state index contributed by atoms with van der Waals surface area (Å²) in [6.07, 6.45) is 1.43. The van der Waals surface area contributed by atoms with E-state index in [-0.39, 0.29) is 29.7 Å². The van der Waals surface area contributed by atoms with Crippen LogP contribution in [0.1, 0.15) is 55.5 Å². The maximum absolute atomic E-state index is 13.6. The van der Waals surface area contributed by atoms with Crippen molar-refractivity contribution >= 4 is 29.4 Å². The first-order chi connectivity index (χ1) is 15.2. The molecule has 4 rings (SSSR count). The van der Waals surface area contributed by atoms with Crippen LogP contribution < -0.4 is 5.32 Å². The lowest BCUT2D eigenvalue weighted by Crippen LogP contribution is -2.61. The Labute approximate surface area is 193 Å². The fraction of sp³-hybridized carbons (Fsp3) is 0.545. The van der Waals surface area contributed by atoms with Crippen LogP contribution in [0.15, 0.2) is 18.3 Å². The molecular formula is C22H30ClN7O2. The van der Waals surface area contributed by atoms with Crippen LogP contribution in [0.3, 0.4) is 0 Å². The predicted molar refractivity (Wildman–Crippen MR) is 123 cm³/mol. The summed E-state index contributed by atoms with van der Waals surface area (Å²) in [5.74, 6) is 0.408. The smallest absolute Gasteiger partial charge is 0.319 e. The molecule has 1 saturated heterocycles. The lowest BCUT2D eigenvalue weighted by Gasteiger charge is -2.47. The number of aromatic amines is 1. The minimum atomic E-state index is -0.374. The number of H-pyrrole nitrogens is 1. The van der Waals surface area contributed by atoms with E-state index in [2.05, 4.69) is 53.2 Å². The van der Waals surface area contributed by atoms with Gasteiger partial charge in [-0.25, -0.2) is 9.78 Å². The van der Waals surface area contributed by atoms with Gasteiger partial charge in [0, 0.05) is 36.9 Å². The van der Waals surface area contributed by atoms with Crippen molar-refractivity contribution in [2.45, 2.75) is 52.4 Å². The summed E-state index contributed by atoms with van der Waals surface area (Å²) in [7, 11) is 2.11. The average Bonchev–Trinajstić information content (AvgIpc) is 3.29. The van der Waals surface area contributed by atoms with Gasteiger partial charge in [0.2, 0.25) is 0 Å². The highest BCUT2D eigenvalue weighted by Crippen LogP contribution is 2.37. The molecule has 3 amide bonds. The summed E-state index contributed by atoms with van der Waals surface area (Å²) < 4.78 is 0. The first-order valence-electron chi connectivity index (χ1n) is 10.9. The van der Waals surface area contributed by atoms with Crippen molar-refractivity contribution in [3.63, 3.8) is 0 Å². The number of piperazine rings is 1. The summed E-state index contributed by atoms with van der Waals surface area (Å²) >= 11 is 5.85. The number of likely N-dealkylation sites (N-methyl/N-ethyl adjacent to an activating group) is 1. The highest BCUT2D eigenvalue weighted by molar-refractivity contribution is 6.30. The highest BCUT2D eigenvalue weighted by Gasteiger charge is 2.41. The molecule has 0 aliphatic carbocycles. The fourth-order valence-corrected chi connectivity index (χ4v) is 4.57. The molecule has 2 unspecified atom stereocenters. The Kier molecular flexibility index (Phi) is 6.13. The predicted octanol–water partition coefficient (Wildman–Crippen LogP) is 3.37. The number of pyridine rings is 1. The second-order valence-corrected chi connectivity index (χ2v) is 9.56. The van der Waals surface area contributed by atoms with Crippen LogP contribution in [0, 0.1) is 5.92 Å². The van der Waals surface area contributed by atoms with E-state index in [9.17, 15) is 9.59 Å². The molecule has 4 heterocycles. The zero-order valence-corrected chi connectivity index (χ0v) is 19.8. The van der Waals surface area contributed by atoms with Crippen LogP contribution >= 0.6 is 11.6 Å². The van der Waals surface area contributed by atoms with E-state index in [1.807, 2.05) is 16.7 Å². The third-order valence-corrected chi connectivity index (χ3v) is 6.88. The molecule has 2 N–H and O–H groups in total. The molecule has 9 nitrogen and oxygen atoms in total. The minimum absolute atomic E-state index is 0.0254. The number of rotatable bonds is 3. The van der Waals surface area contributed by atoms with Gasteiger partial charge in [0.1, 0.15) is 5.69 Å². The van der Waals surface area contributed by atoms with Crippen LogP contribution in [0.25, 0.3) is 0 Å². The summed E-state index contributed by atoms with van der Waals surface area (Å²) in [6, 6.07) is 3.49. The van der Waals surface area contributed by atoms with Crippen molar-refractivity contribution < 1.29 is 9.59 Å². The second kappa shape index (κ2) is 8.71. The molecule has 1 fully saturated rings. The van der Waals surface area contributed by atoms with E-state index in [1.165, 1.54) is 6.20 Å². The van der Waals surface area contributed by atoms with Crippen molar-refractivity contribution in [1.29, 1.82) is 0 Å². The van der Waals surface area contributed by atoms with E-state index in [0.717, 1.165) is 17.8 Å². The van der Waals surface area contributed by atoms with Crippen molar-refractivity contribution in [2.75, 3.05) is 25.5 Å². The molecule has 0 radical (unpaired) electrons. The molecule has 3 atom stereocenters. The lowest BCUT2D eigenvalue weighted by atomic mass is 9.98. The van der Waals surface area contributed by atoms with Crippen LogP contribution in [-0.2, 0) is 6.54 Å². The third-order valence-electron chi connectivity index (χ3n) is 6.65. The summed E-state index contributed by atoms with van der Waals surface area (Å²) in [4.78, 5) is 36.4. The Balaban J connectivity index is 1.51. The molecule has 172 valence electrons. The number of anilines is 1. The molecule has 32 heavy (non-hydrogen) atoms. The Morgan fingerprint density at radius 2 is 1.97 bits per heavy atom. The van der Waals surface area contributed by atoms with Gasteiger partial charge in [-0.3, -0.25) is 14.8 Å². The number of carbonyl (C=O) groups excluding carboxylic acids is 2. The molecule has 0 saturated carbocycles. The standard InChI is InChI=1S/C22H30ClN7O2/c1-12(2)18-11-28(5)13(3)9-30(18)22(32)29-10-16-19(14(29)4)26-27-20(16)25-21(31)17-7-6-15(23)8-24-17/h6-8,12-14,18H,9-11H2,1-5H3,(H2,25,26,27,31)/t13?,14?,18-/m1/s1. The molecular weight excluding hydrogens is 430 g/mol.